The van der Waals surface area contributed by atoms with Crippen molar-refractivity contribution in [2.75, 3.05) is 6.61 Å². The number of nitrogens with one attached hydrogen (secondary N) is 1. The molecule has 2 aromatic carbocycles. The van der Waals surface area contributed by atoms with Crippen LogP contribution in [0.15, 0.2) is 60.8 Å². The molecular formula is C21H23NO2. The third-order valence-electron chi connectivity index (χ3n) is 4.32. The van der Waals surface area contributed by atoms with E-state index in [2.05, 4.69) is 29.2 Å². The Kier molecular flexibility index (Phi) is 5.44. The monoisotopic (exact) mass is 321 g/mol. The molecule has 0 saturated heterocycles. The summed E-state index contributed by atoms with van der Waals surface area (Å²) < 4.78 is 5.82. The average Bonchev–Trinajstić information content (AvgIpc) is 3.02. The molecule has 3 heteroatoms. The highest BCUT2D eigenvalue weighted by atomic mass is 16.5. The second-order valence-electron chi connectivity index (χ2n) is 6.22. The van der Waals surface area contributed by atoms with Crippen molar-refractivity contribution in [1.82, 2.24) is 4.98 Å². The molecular weight excluding hydrogens is 298 g/mol. The van der Waals surface area contributed by atoms with Gasteiger partial charge in [0.25, 0.3) is 0 Å². The number of carbonyl (C=O) groups excluding carboxylic acids is 1. The molecule has 1 atom stereocenters. The Morgan fingerprint density at radius 1 is 1.08 bits per heavy atom. The van der Waals surface area contributed by atoms with E-state index in [9.17, 15) is 4.79 Å². The van der Waals surface area contributed by atoms with E-state index in [1.54, 1.807) is 6.92 Å². The quantitative estimate of drug-likeness (QED) is 0.603. The Morgan fingerprint density at radius 2 is 1.83 bits per heavy atom. The van der Waals surface area contributed by atoms with Gasteiger partial charge in [0.1, 0.15) is 5.78 Å². The molecule has 1 N–H and O–H groups in total. The van der Waals surface area contributed by atoms with E-state index in [4.69, 9.17) is 4.74 Å². The number of aromatic nitrogens is 1. The molecule has 0 amide bonds. The van der Waals surface area contributed by atoms with Gasteiger partial charge in [-0.25, -0.2) is 0 Å². The lowest BCUT2D eigenvalue weighted by Gasteiger charge is -2.15. The van der Waals surface area contributed by atoms with Crippen LogP contribution in [0.4, 0.5) is 0 Å². The number of H-pyrrole nitrogens is 1. The van der Waals surface area contributed by atoms with Crippen LogP contribution in [0.2, 0.25) is 0 Å². The van der Waals surface area contributed by atoms with Gasteiger partial charge >= 0.3 is 0 Å². The van der Waals surface area contributed by atoms with Crippen molar-refractivity contribution in [2.45, 2.75) is 32.3 Å². The highest BCUT2D eigenvalue weighted by molar-refractivity contribution is 5.85. The van der Waals surface area contributed by atoms with Crippen molar-refractivity contribution >= 4 is 16.7 Å². The van der Waals surface area contributed by atoms with Crippen LogP contribution < -0.4 is 0 Å². The molecule has 3 nitrogen and oxygen atoms in total. The lowest BCUT2D eigenvalue weighted by atomic mass is 9.91. The molecule has 0 aliphatic heterocycles. The second-order valence-corrected chi connectivity index (χ2v) is 6.22. The molecule has 0 aliphatic carbocycles. The van der Waals surface area contributed by atoms with E-state index in [0.717, 1.165) is 11.9 Å². The fraction of sp³-hybridized carbons (Fsp3) is 0.286. The Hall–Kier alpha value is -2.39. The molecule has 1 aromatic heterocycles. The maximum atomic E-state index is 11.7. The number of fused-ring (bicyclic) bond motifs is 1. The maximum Gasteiger partial charge on any atom is 0.130 e. The van der Waals surface area contributed by atoms with Crippen LogP contribution >= 0.6 is 0 Å². The molecule has 0 bridgehead atoms. The molecule has 0 aliphatic rings. The summed E-state index contributed by atoms with van der Waals surface area (Å²) in [6.45, 7) is 2.92. The van der Waals surface area contributed by atoms with Crippen LogP contribution in [0.5, 0.6) is 0 Å². The lowest BCUT2D eigenvalue weighted by molar-refractivity contribution is -0.117. The first-order valence-electron chi connectivity index (χ1n) is 8.41. The largest absolute Gasteiger partial charge is 0.377 e. The fourth-order valence-corrected chi connectivity index (χ4v) is 3.14. The summed E-state index contributed by atoms with van der Waals surface area (Å²) in [5.74, 6) is 0.405. The van der Waals surface area contributed by atoms with Gasteiger partial charge in [-0.1, -0.05) is 48.5 Å². The summed E-state index contributed by atoms with van der Waals surface area (Å²) in [7, 11) is 0. The summed E-state index contributed by atoms with van der Waals surface area (Å²) in [4.78, 5) is 15.0. The van der Waals surface area contributed by atoms with Crippen molar-refractivity contribution in [3.8, 4) is 0 Å². The number of benzene rings is 2. The third-order valence-corrected chi connectivity index (χ3v) is 4.32. The van der Waals surface area contributed by atoms with Crippen LogP contribution in [-0.2, 0) is 16.1 Å². The Labute approximate surface area is 142 Å². The molecule has 3 aromatic rings. The van der Waals surface area contributed by atoms with Gasteiger partial charge in [0.2, 0.25) is 0 Å². The highest BCUT2D eigenvalue weighted by Crippen LogP contribution is 2.30. The minimum Gasteiger partial charge on any atom is -0.377 e. The third kappa shape index (κ3) is 4.12. The first-order valence-corrected chi connectivity index (χ1v) is 8.41. The van der Waals surface area contributed by atoms with Crippen molar-refractivity contribution in [3.05, 3.63) is 71.9 Å². The summed E-state index contributed by atoms with van der Waals surface area (Å²) >= 11 is 0. The van der Waals surface area contributed by atoms with Crippen LogP contribution in [0, 0.1) is 0 Å². The molecule has 24 heavy (non-hydrogen) atoms. The molecule has 1 heterocycles. The Morgan fingerprint density at radius 3 is 2.62 bits per heavy atom. The van der Waals surface area contributed by atoms with Crippen LogP contribution in [-0.4, -0.2) is 17.4 Å². The number of para-hydroxylation sites is 1. The molecule has 124 valence electrons. The summed E-state index contributed by atoms with van der Waals surface area (Å²) in [6.07, 6.45) is 3.43. The maximum absolute atomic E-state index is 11.7. The minimum absolute atomic E-state index is 0.189. The van der Waals surface area contributed by atoms with Crippen LogP contribution in [0.1, 0.15) is 36.8 Å². The number of ketones is 1. The number of hydrogen-bond acceptors (Lipinski definition) is 2. The van der Waals surface area contributed by atoms with E-state index in [0.29, 0.717) is 19.6 Å². The molecule has 0 spiro atoms. The van der Waals surface area contributed by atoms with E-state index >= 15 is 0 Å². The highest BCUT2D eigenvalue weighted by Gasteiger charge is 2.17. The zero-order chi connectivity index (χ0) is 16.8. The number of carbonyl (C=O) groups is 1. The normalized spacial score (nSPS) is 12.4. The number of hydrogen-bond donors (Lipinski definition) is 1. The first kappa shape index (κ1) is 16.5. The number of rotatable bonds is 8. The van der Waals surface area contributed by atoms with Crippen molar-refractivity contribution < 1.29 is 9.53 Å². The Bertz CT molecular complexity index is 792. The van der Waals surface area contributed by atoms with Gasteiger partial charge in [-0.15, -0.1) is 0 Å². The molecule has 3 rings (SSSR count). The summed E-state index contributed by atoms with van der Waals surface area (Å²) in [6, 6.07) is 18.4. The summed E-state index contributed by atoms with van der Waals surface area (Å²) in [5.41, 5.74) is 3.50. The van der Waals surface area contributed by atoms with E-state index in [1.807, 2.05) is 36.5 Å². The lowest BCUT2D eigenvalue weighted by Crippen LogP contribution is -2.08. The smallest absolute Gasteiger partial charge is 0.130 e. The van der Waals surface area contributed by atoms with Gasteiger partial charge in [0.05, 0.1) is 6.61 Å². The van der Waals surface area contributed by atoms with Gasteiger partial charge in [0, 0.05) is 30.1 Å². The van der Waals surface area contributed by atoms with Crippen molar-refractivity contribution in [3.63, 3.8) is 0 Å². The van der Waals surface area contributed by atoms with Gasteiger partial charge in [-0.2, -0.15) is 0 Å². The molecule has 0 fully saturated rings. The number of ether oxygens (including phenoxy) is 1. The van der Waals surface area contributed by atoms with Gasteiger partial charge in [-0.05, 0) is 36.5 Å². The predicted octanol–water partition coefficient (Wildman–Crippen LogP) is 4.84. The van der Waals surface area contributed by atoms with Crippen LogP contribution in [0.3, 0.4) is 0 Å². The van der Waals surface area contributed by atoms with Crippen molar-refractivity contribution in [1.29, 1.82) is 0 Å². The minimum atomic E-state index is 0.189. The predicted molar refractivity (Wildman–Crippen MR) is 97.1 cm³/mol. The number of Topliss-reactive ketones (excluding diaryl/α,β-unsaturated/α-hetero) is 1. The topological polar surface area (TPSA) is 42.1 Å². The van der Waals surface area contributed by atoms with E-state index in [1.165, 1.54) is 16.5 Å². The molecule has 0 radical (unpaired) electrons. The van der Waals surface area contributed by atoms with Gasteiger partial charge in [0.15, 0.2) is 0 Å². The van der Waals surface area contributed by atoms with Gasteiger partial charge < -0.3 is 14.5 Å². The Balaban J connectivity index is 1.65. The van der Waals surface area contributed by atoms with Gasteiger partial charge in [-0.3, -0.25) is 0 Å². The zero-order valence-corrected chi connectivity index (χ0v) is 14.0. The number of aromatic amines is 1. The fourth-order valence-electron chi connectivity index (χ4n) is 3.14. The summed E-state index contributed by atoms with van der Waals surface area (Å²) in [5, 5.41) is 1.20. The van der Waals surface area contributed by atoms with E-state index < -0.39 is 0 Å². The molecule has 1 unspecified atom stereocenters. The van der Waals surface area contributed by atoms with Crippen LogP contribution in [0.25, 0.3) is 10.9 Å². The SMILES string of the molecule is CC(=O)CC(CCOCc1ccccc1)c1c[nH]c2ccccc12. The standard InChI is InChI=1S/C21H23NO2/c1-16(23)13-18(11-12-24-15-17-7-3-2-4-8-17)20-14-22-21-10-6-5-9-19(20)21/h2-10,14,18,22H,11-13,15H2,1H3. The second kappa shape index (κ2) is 7.93. The first-order chi connectivity index (χ1) is 11.7. The zero-order valence-electron chi connectivity index (χ0n) is 14.0. The average molecular weight is 321 g/mol. The molecule has 0 saturated carbocycles. The van der Waals surface area contributed by atoms with E-state index in [-0.39, 0.29) is 11.7 Å². The van der Waals surface area contributed by atoms with Crippen molar-refractivity contribution in [2.24, 2.45) is 0 Å².